The van der Waals surface area contributed by atoms with Gasteiger partial charge in [0.25, 0.3) is 0 Å². The van der Waals surface area contributed by atoms with E-state index in [1.807, 2.05) is 25.7 Å². The Kier molecular flexibility index (Phi) is 5.91. The molecular formula is C21H26ClN5O2. The quantitative estimate of drug-likeness (QED) is 0.687. The van der Waals surface area contributed by atoms with E-state index in [-0.39, 0.29) is 23.2 Å². The lowest BCUT2D eigenvalue weighted by Crippen LogP contribution is -2.50. The van der Waals surface area contributed by atoms with Gasteiger partial charge in [-0.1, -0.05) is 11.6 Å². The average Bonchev–Trinajstić information content (AvgIpc) is 3.50. The molecule has 0 aromatic carbocycles. The fourth-order valence-corrected chi connectivity index (χ4v) is 3.96. The first kappa shape index (κ1) is 21.2. The van der Waals surface area contributed by atoms with Gasteiger partial charge in [-0.05, 0) is 57.9 Å². The van der Waals surface area contributed by atoms with Crippen molar-refractivity contribution in [2.24, 2.45) is 0 Å². The smallest absolute Gasteiger partial charge is 0.410 e. The van der Waals surface area contributed by atoms with Crippen molar-refractivity contribution < 1.29 is 9.53 Å². The number of nitriles is 2. The summed E-state index contributed by atoms with van der Waals surface area (Å²) in [6.07, 6.45) is 3.23. The molecule has 1 saturated heterocycles. The van der Waals surface area contributed by atoms with Gasteiger partial charge in [-0.15, -0.1) is 0 Å². The second-order valence-electron chi connectivity index (χ2n) is 8.72. The molecule has 2 fully saturated rings. The van der Waals surface area contributed by atoms with E-state index in [2.05, 4.69) is 17.1 Å². The molecule has 0 spiro atoms. The number of pyridine rings is 1. The number of rotatable bonds is 3. The summed E-state index contributed by atoms with van der Waals surface area (Å²) in [5.41, 5.74) is 0.922. The van der Waals surface area contributed by atoms with E-state index in [9.17, 15) is 15.3 Å². The van der Waals surface area contributed by atoms with Crippen LogP contribution in [0, 0.1) is 22.7 Å². The van der Waals surface area contributed by atoms with Crippen LogP contribution in [0.3, 0.4) is 0 Å². The molecule has 154 valence electrons. The number of piperidine rings is 1. The second kappa shape index (κ2) is 8.08. The van der Waals surface area contributed by atoms with E-state index in [1.54, 1.807) is 11.9 Å². The highest BCUT2D eigenvalue weighted by Gasteiger charge is 2.35. The number of nitrogens with zero attached hydrogens (tertiary/aromatic N) is 5. The fraction of sp³-hybridized carbons (Fsp3) is 0.619. The number of carbonyl (C=O) groups is 1. The van der Waals surface area contributed by atoms with E-state index in [0.717, 1.165) is 31.2 Å². The number of aromatic nitrogens is 1. The molecule has 1 aliphatic carbocycles. The van der Waals surface area contributed by atoms with Gasteiger partial charge in [-0.2, -0.15) is 10.5 Å². The lowest BCUT2D eigenvalue weighted by molar-refractivity contribution is 0.0209. The zero-order valence-electron chi connectivity index (χ0n) is 17.3. The first-order chi connectivity index (χ1) is 13.7. The van der Waals surface area contributed by atoms with Crippen molar-refractivity contribution in [1.82, 2.24) is 9.88 Å². The molecule has 29 heavy (non-hydrogen) atoms. The molecule has 1 aromatic rings. The Morgan fingerprint density at radius 2 is 1.90 bits per heavy atom. The zero-order valence-corrected chi connectivity index (χ0v) is 18.1. The SMILES string of the molecule is CN(C(=O)OC(C)(C)C)C1CCCN(c2nc(Cl)c(C#N)c(C3CC3)c2C#N)C1. The number of hydrogen-bond donors (Lipinski definition) is 0. The van der Waals surface area contributed by atoms with Crippen LogP contribution in [-0.2, 0) is 4.74 Å². The molecule has 0 bridgehead atoms. The third kappa shape index (κ3) is 4.57. The van der Waals surface area contributed by atoms with Crippen LogP contribution in [0.2, 0.25) is 5.15 Å². The Labute approximate surface area is 176 Å². The lowest BCUT2D eigenvalue weighted by Gasteiger charge is -2.39. The Morgan fingerprint density at radius 3 is 2.45 bits per heavy atom. The van der Waals surface area contributed by atoms with Crippen LogP contribution in [0.15, 0.2) is 0 Å². The van der Waals surface area contributed by atoms with E-state index in [4.69, 9.17) is 16.3 Å². The van der Waals surface area contributed by atoms with E-state index >= 15 is 0 Å². The molecule has 1 saturated carbocycles. The summed E-state index contributed by atoms with van der Waals surface area (Å²) >= 11 is 6.32. The highest BCUT2D eigenvalue weighted by molar-refractivity contribution is 6.30. The summed E-state index contributed by atoms with van der Waals surface area (Å²) in [5.74, 6) is 0.712. The molecule has 1 amide bonds. The molecular weight excluding hydrogens is 390 g/mol. The maximum atomic E-state index is 12.5. The standard InChI is InChI=1S/C21H26ClN5O2/c1-21(2,3)29-20(28)26(4)14-6-5-9-27(12-14)19-16(11-24)17(13-7-8-13)15(10-23)18(22)25-19/h13-14H,5-9,12H2,1-4H3. The van der Waals surface area contributed by atoms with Crippen LogP contribution < -0.4 is 4.90 Å². The van der Waals surface area contributed by atoms with E-state index in [1.165, 1.54) is 0 Å². The molecule has 2 heterocycles. The van der Waals surface area contributed by atoms with E-state index < -0.39 is 5.60 Å². The number of ether oxygens (including phenoxy) is 1. The van der Waals surface area contributed by atoms with Gasteiger partial charge in [0.15, 0.2) is 0 Å². The van der Waals surface area contributed by atoms with Crippen molar-refractivity contribution in [2.75, 3.05) is 25.0 Å². The number of likely N-dealkylation sites (N-methyl/N-ethyl adjacent to an activating group) is 1. The van der Waals surface area contributed by atoms with Crippen LogP contribution in [0.4, 0.5) is 10.6 Å². The maximum absolute atomic E-state index is 12.5. The summed E-state index contributed by atoms with van der Waals surface area (Å²) in [6, 6.07) is 4.32. The highest BCUT2D eigenvalue weighted by Crippen LogP contribution is 2.46. The Balaban J connectivity index is 1.89. The first-order valence-electron chi connectivity index (χ1n) is 9.90. The van der Waals surface area contributed by atoms with Crippen molar-refractivity contribution in [1.29, 1.82) is 10.5 Å². The number of anilines is 1. The van der Waals surface area contributed by atoms with Crippen molar-refractivity contribution in [3.63, 3.8) is 0 Å². The summed E-state index contributed by atoms with van der Waals surface area (Å²) in [7, 11) is 1.74. The van der Waals surface area contributed by atoms with Crippen molar-refractivity contribution >= 4 is 23.5 Å². The van der Waals surface area contributed by atoms with Crippen LogP contribution in [0.1, 0.15) is 69.1 Å². The van der Waals surface area contributed by atoms with Gasteiger partial charge in [0.2, 0.25) is 0 Å². The Bertz CT molecular complexity index is 892. The van der Waals surface area contributed by atoms with Gasteiger partial charge in [-0.3, -0.25) is 0 Å². The third-order valence-corrected chi connectivity index (χ3v) is 5.58. The van der Waals surface area contributed by atoms with Gasteiger partial charge < -0.3 is 14.5 Å². The molecule has 8 heteroatoms. The summed E-state index contributed by atoms with van der Waals surface area (Å²) < 4.78 is 5.49. The van der Waals surface area contributed by atoms with Gasteiger partial charge in [0.05, 0.1) is 17.2 Å². The molecule has 0 radical (unpaired) electrons. The topological polar surface area (TPSA) is 93.2 Å². The Hall–Kier alpha value is -2.51. The minimum atomic E-state index is -0.560. The van der Waals surface area contributed by atoms with E-state index in [0.29, 0.717) is 30.0 Å². The molecule has 1 aromatic heterocycles. The van der Waals surface area contributed by atoms with Gasteiger partial charge in [0.1, 0.15) is 28.7 Å². The Morgan fingerprint density at radius 1 is 1.24 bits per heavy atom. The number of carbonyl (C=O) groups excluding carboxylic acids is 1. The minimum Gasteiger partial charge on any atom is -0.444 e. The van der Waals surface area contributed by atoms with Crippen molar-refractivity contribution in [2.45, 2.75) is 64.0 Å². The first-order valence-corrected chi connectivity index (χ1v) is 10.3. The molecule has 1 atom stereocenters. The summed E-state index contributed by atoms with van der Waals surface area (Å²) in [4.78, 5) is 20.5. The van der Waals surface area contributed by atoms with Gasteiger partial charge in [-0.25, -0.2) is 9.78 Å². The van der Waals surface area contributed by atoms with Crippen molar-refractivity contribution in [3.8, 4) is 12.1 Å². The summed E-state index contributed by atoms with van der Waals surface area (Å²) in [6.45, 7) is 6.77. The fourth-order valence-electron chi connectivity index (χ4n) is 3.73. The van der Waals surface area contributed by atoms with Crippen LogP contribution >= 0.6 is 11.6 Å². The predicted octanol–water partition coefficient (Wildman–Crippen LogP) is 4.19. The van der Waals surface area contributed by atoms with Crippen LogP contribution in [0.25, 0.3) is 0 Å². The normalized spacial score (nSPS) is 19.3. The molecule has 1 aliphatic heterocycles. The van der Waals surface area contributed by atoms with Gasteiger partial charge >= 0.3 is 6.09 Å². The largest absolute Gasteiger partial charge is 0.444 e. The van der Waals surface area contributed by atoms with Crippen LogP contribution in [-0.4, -0.2) is 47.8 Å². The zero-order chi connectivity index (χ0) is 21.3. The monoisotopic (exact) mass is 415 g/mol. The van der Waals surface area contributed by atoms with Gasteiger partial charge in [0, 0.05) is 20.1 Å². The van der Waals surface area contributed by atoms with Crippen LogP contribution in [0.5, 0.6) is 0 Å². The highest BCUT2D eigenvalue weighted by atomic mass is 35.5. The predicted molar refractivity (Wildman–Crippen MR) is 110 cm³/mol. The number of amides is 1. The summed E-state index contributed by atoms with van der Waals surface area (Å²) in [5, 5.41) is 19.5. The van der Waals surface area contributed by atoms with Crippen molar-refractivity contribution in [3.05, 3.63) is 21.8 Å². The number of hydrogen-bond acceptors (Lipinski definition) is 6. The molecule has 3 rings (SSSR count). The second-order valence-corrected chi connectivity index (χ2v) is 9.08. The number of halogens is 1. The molecule has 7 nitrogen and oxygen atoms in total. The minimum absolute atomic E-state index is 0.0641. The third-order valence-electron chi connectivity index (χ3n) is 5.31. The molecule has 0 N–H and O–H groups in total. The molecule has 1 unspecified atom stereocenters. The maximum Gasteiger partial charge on any atom is 0.410 e. The lowest BCUT2D eigenvalue weighted by atomic mass is 9.98. The molecule has 2 aliphatic rings. The average molecular weight is 416 g/mol.